The van der Waals surface area contributed by atoms with E-state index in [2.05, 4.69) is 15.9 Å². The Kier molecular flexibility index (Phi) is 6.58. The van der Waals surface area contributed by atoms with Gasteiger partial charge in [0.25, 0.3) is 0 Å². The van der Waals surface area contributed by atoms with E-state index in [1.54, 1.807) is 71.8 Å². The summed E-state index contributed by atoms with van der Waals surface area (Å²) in [6.45, 7) is 0. The third kappa shape index (κ3) is 4.24. The lowest BCUT2D eigenvalue weighted by atomic mass is 9.85. The number of halogens is 1. The molecule has 7 nitrogen and oxygen atoms in total. The first kappa shape index (κ1) is 27.0. The van der Waals surface area contributed by atoms with Gasteiger partial charge in [0.1, 0.15) is 11.8 Å². The van der Waals surface area contributed by atoms with Crippen molar-refractivity contribution in [2.75, 3.05) is 12.0 Å². The molecule has 4 aromatic rings. The van der Waals surface area contributed by atoms with Gasteiger partial charge in [-0.05, 0) is 51.7 Å². The molecule has 0 aromatic heterocycles. The minimum absolute atomic E-state index is 0.190. The fourth-order valence-electron chi connectivity index (χ4n) is 6.59. The Bertz CT molecular complexity index is 1890. The van der Waals surface area contributed by atoms with Crippen molar-refractivity contribution in [2.45, 2.75) is 12.1 Å². The number of nitrogens with zero attached hydrogens (tertiary/aromatic N) is 2. The Morgan fingerprint density at radius 2 is 1.53 bits per heavy atom. The fraction of sp³-hybridized carbons (Fsp3) is 0.143. The average molecular weight is 633 g/mol. The smallest absolute Gasteiger partial charge is 0.240 e. The van der Waals surface area contributed by atoms with E-state index in [-0.39, 0.29) is 17.5 Å². The molecule has 3 heterocycles. The van der Waals surface area contributed by atoms with Crippen molar-refractivity contribution in [3.05, 3.63) is 131 Å². The highest BCUT2D eigenvalue weighted by Gasteiger charge is 2.63. The van der Waals surface area contributed by atoms with Crippen molar-refractivity contribution in [1.29, 1.82) is 0 Å². The number of hydrogen-bond donors (Lipinski definition) is 0. The van der Waals surface area contributed by atoms with E-state index in [9.17, 15) is 19.2 Å². The van der Waals surface area contributed by atoms with E-state index >= 15 is 0 Å². The van der Waals surface area contributed by atoms with E-state index in [4.69, 9.17) is 4.74 Å². The number of hydrogen-bond acceptors (Lipinski definition) is 6. The molecule has 3 aliphatic rings. The number of rotatable bonds is 6. The van der Waals surface area contributed by atoms with Gasteiger partial charge in [-0.3, -0.25) is 19.2 Å². The van der Waals surface area contributed by atoms with Crippen molar-refractivity contribution in [2.24, 2.45) is 11.8 Å². The zero-order chi connectivity index (χ0) is 29.8. The monoisotopic (exact) mass is 632 g/mol. The van der Waals surface area contributed by atoms with Crippen LogP contribution in [0.3, 0.4) is 0 Å². The van der Waals surface area contributed by atoms with Crippen LogP contribution in [0.1, 0.15) is 20.7 Å². The molecule has 0 N–H and O–H groups in total. The van der Waals surface area contributed by atoms with Gasteiger partial charge in [-0.25, -0.2) is 4.90 Å². The molecule has 0 unspecified atom stereocenters. The number of fused-ring (bicyclic) bond motifs is 4. The van der Waals surface area contributed by atoms with Crippen LogP contribution in [0, 0.1) is 11.8 Å². The summed E-state index contributed by atoms with van der Waals surface area (Å²) in [4.78, 5) is 59.3. The summed E-state index contributed by atoms with van der Waals surface area (Å²) in [5.41, 5.74) is 1.80. The van der Waals surface area contributed by atoms with Gasteiger partial charge in [-0.1, -0.05) is 72.8 Å². The third-order valence-corrected chi connectivity index (χ3v) is 9.18. The number of ketones is 2. The second-order valence-corrected chi connectivity index (χ2v) is 11.6. The van der Waals surface area contributed by atoms with Crippen LogP contribution in [0.2, 0.25) is 0 Å². The molecule has 4 aromatic carbocycles. The molecular weight excluding hydrogens is 608 g/mol. The molecule has 0 saturated carbocycles. The highest BCUT2D eigenvalue weighted by atomic mass is 79.9. The molecule has 0 spiro atoms. The first-order chi connectivity index (χ1) is 20.9. The number of carbonyl (C=O) groups excluding carboxylic acids is 4. The summed E-state index contributed by atoms with van der Waals surface area (Å²) in [5.74, 6) is -2.53. The molecule has 2 saturated heterocycles. The molecule has 2 fully saturated rings. The first-order valence-electron chi connectivity index (χ1n) is 13.9. The maximum absolute atomic E-state index is 14.3. The summed E-state index contributed by atoms with van der Waals surface area (Å²) >= 11 is 3.46. The normalized spacial score (nSPS) is 22.4. The standard InChI is InChI=1S/C35H25BrN2O5/c1-43-28-15-14-22(18-25(28)36)33(40)31-30-29(27-19-23(16-17-37(27)31)32(39)21-9-3-2-4-10-21)34(41)38(35(30)42)26-13-7-11-20-8-5-6-12-24(20)26/h2-19,27,29-31H,1H3/t27-,29-,30-,31+/m1/s1. The highest BCUT2D eigenvalue weighted by molar-refractivity contribution is 9.10. The van der Waals surface area contributed by atoms with Crippen LogP contribution in [0.5, 0.6) is 5.75 Å². The van der Waals surface area contributed by atoms with Crippen LogP contribution >= 0.6 is 15.9 Å². The molecule has 43 heavy (non-hydrogen) atoms. The van der Waals surface area contributed by atoms with Gasteiger partial charge < -0.3 is 9.64 Å². The van der Waals surface area contributed by atoms with Crippen molar-refractivity contribution >= 4 is 55.8 Å². The molecule has 7 rings (SSSR count). The fourth-order valence-corrected chi connectivity index (χ4v) is 7.13. The number of amides is 2. The number of benzene rings is 4. The van der Waals surface area contributed by atoms with Crippen LogP contribution < -0.4 is 9.64 Å². The van der Waals surface area contributed by atoms with Gasteiger partial charge in [-0.15, -0.1) is 0 Å². The van der Waals surface area contributed by atoms with E-state index in [1.807, 2.05) is 42.5 Å². The number of anilines is 1. The third-order valence-electron chi connectivity index (χ3n) is 8.56. The average Bonchev–Trinajstić information content (AvgIpc) is 3.51. The zero-order valence-corrected chi connectivity index (χ0v) is 24.6. The molecule has 0 bridgehead atoms. The second kappa shape index (κ2) is 10.5. The molecule has 0 radical (unpaired) electrons. The van der Waals surface area contributed by atoms with Crippen molar-refractivity contribution in [1.82, 2.24) is 4.90 Å². The topological polar surface area (TPSA) is 84.0 Å². The number of methoxy groups -OCH3 is 1. The van der Waals surface area contributed by atoms with Crippen LogP contribution in [-0.4, -0.2) is 47.5 Å². The summed E-state index contributed by atoms with van der Waals surface area (Å²) in [6, 6.07) is 25.4. The maximum atomic E-state index is 14.3. The Balaban J connectivity index is 1.34. The quantitative estimate of drug-likeness (QED) is 0.192. The summed E-state index contributed by atoms with van der Waals surface area (Å²) < 4.78 is 5.94. The molecule has 2 amide bonds. The second-order valence-electron chi connectivity index (χ2n) is 10.8. The Morgan fingerprint density at radius 1 is 0.814 bits per heavy atom. The lowest BCUT2D eigenvalue weighted by molar-refractivity contribution is -0.123. The molecule has 4 atom stereocenters. The minimum atomic E-state index is -0.951. The number of imide groups is 1. The van der Waals surface area contributed by atoms with Gasteiger partial charge in [0.05, 0.1) is 35.1 Å². The number of ether oxygens (including phenoxy) is 1. The molecule has 0 aliphatic carbocycles. The summed E-state index contributed by atoms with van der Waals surface area (Å²) in [6.07, 6.45) is 5.08. The predicted molar refractivity (Wildman–Crippen MR) is 166 cm³/mol. The summed E-state index contributed by atoms with van der Waals surface area (Å²) in [7, 11) is 1.54. The Labute approximate surface area is 256 Å². The molecule has 212 valence electrons. The van der Waals surface area contributed by atoms with E-state index in [0.717, 1.165) is 10.8 Å². The van der Waals surface area contributed by atoms with Crippen molar-refractivity contribution in [3.8, 4) is 5.75 Å². The number of allylic oxidation sites excluding steroid dienone is 2. The van der Waals surface area contributed by atoms with Crippen LogP contribution in [0.25, 0.3) is 10.8 Å². The largest absolute Gasteiger partial charge is 0.496 e. The lowest BCUT2D eigenvalue weighted by Crippen LogP contribution is -2.46. The number of Topliss-reactive ketones (excluding diaryl/α,β-unsaturated/α-hetero) is 2. The van der Waals surface area contributed by atoms with Gasteiger partial charge in [0.2, 0.25) is 11.8 Å². The predicted octanol–water partition coefficient (Wildman–Crippen LogP) is 5.99. The molecule has 3 aliphatic heterocycles. The van der Waals surface area contributed by atoms with Crippen LogP contribution in [0.4, 0.5) is 5.69 Å². The first-order valence-corrected chi connectivity index (χ1v) is 14.7. The Hall–Kier alpha value is -4.82. The summed E-state index contributed by atoms with van der Waals surface area (Å²) in [5, 5.41) is 1.66. The highest BCUT2D eigenvalue weighted by Crippen LogP contribution is 2.48. The Morgan fingerprint density at radius 3 is 2.30 bits per heavy atom. The van der Waals surface area contributed by atoms with Crippen molar-refractivity contribution < 1.29 is 23.9 Å². The van der Waals surface area contributed by atoms with Crippen LogP contribution in [-0.2, 0) is 9.59 Å². The zero-order valence-electron chi connectivity index (χ0n) is 23.0. The van der Waals surface area contributed by atoms with E-state index < -0.39 is 29.8 Å². The van der Waals surface area contributed by atoms with Gasteiger partial charge in [0, 0.05) is 28.3 Å². The van der Waals surface area contributed by atoms with E-state index in [1.165, 1.54) is 12.0 Å². The van der Waals surface area contributed by atoms with Gasteiger partial charge in [-0.2, -0.15) is 0 Å². The molecular formula is C35H25BrN2O5. The van der Waals surface area contributed by atoms with Crippen molar-refractivity contribution in [3.63, 3.8) is 0 Å². The van der Waals surface area contributed by atoms with Gasteiger partial charge >= 0.3 is 0 Å². The van der Waals surface area contributed by atoms with Gasteiger partial charge in [0.15, 0.2) is 11.6 Å². The molecule has 8 heteroatoms. The lowest BCUT2D eigenvalue weighted by Gasteiger charge is -2.33. The SMILES string of the molecule is COc1ccc(C(=O)[C@@H]2[C@@H]3C(=O)N(c4cccc5ccccc45)C(=O)[C@@H]3[C@H]3C=C(C(=O)c4ccccc4)C=CN32)cc1Br. The number of carbonyl (C=O) groups is 4. The maximum Gasteiger partial charge on any atom is 0.240 e. The minimum Gasteiger partial charge on any atom is -0.496 e. The van der Waals surface area contributed by atoms with Crippen LogP contribution in [0.15, 0.2) is 119 Å². The van der Waals surface area contributed by atoms with E-state index in [0.29, 0.717) is 32.6 Å².